The minimum Gasteiger partial charge on any atom is -0.507 e. The van der Waals surface area contributed by atoms with Gasteiger partial charge >= 0.3 is 5.97 Å². The van der Waals surface area contributed by atoms with Gasteiger partial charge in [0, 0.05) is 7.11 Å². The van der Waals surface area contributed by atoms with E-state index in [0.717, 1.165) is 0 Å². The molecule has 0 aliphatic carbocycles. The highest BCUT2D eigenvalue weighted by Crippen LogP contribution is 2.16. The molecule has 76 valence electrons. The van der Waals surface area contributed by atoms with E-state index in [1.807, 2.05) is 0 Å². The monoisotopic (exact) mass is 196 g/mol. The summed E-state index contributed by atoms with van der Waals surface area (Å²) in [6.07, 6.45) is 0. The number of rotatable bonds is 4. The maximum Gasteiger partial charge on any atom is 0.341 e. The Morgan fingerprint density at radius 3 is 2.71 bits per heavy atom. The molecule has 0 atom stereocenters. The molecule has 1 aromatic rings. The number of phenols is 1. The number of ether oxygens (including phenoxy) is 2. The zero-order valence-corrected chi connectivity index (χ0v) is 7.90. The molecule has 0 fully saturated rings. The van der Waals surface area contributed by atoms with Crippen LogP contribution in [0.1, 0.15) is 10.4 Å². The number of para-hydroxylation sites is 1. The first-order chi connectivity index (χ1) is 6.75. The standard InChI is InChI=1S/C10H12O4/c1-13-6-7-14-10(12)8-4-2-3-5-9(8)11/h2-5,11H,6-7H2,1H3. The quantitative estimate of drug-likeness (QED) is 0.580. The summed E-state index contributed by atoms with van der Waals surface area (Å²) < 4.78 is 9.54. The molecule has 4 nitrogen and oxygen atoms in total. The average Bonchev–Trinajstić information content (AvgIpc) is 2.18. The van der Waals surface area contributed by atoms with E-state index in [1.165, 1.54) is 19.2 Å². The van der Waals surface area contributed by atoms with Crippen LogP contribution in [-0.4, -0.2) is 31.4 Å². The van der Waals surface area contributed by atoms with Crippen molar-refractivity contribution in [2.24, 2.45) is 0 Å². The van der Waals surface area contributed by atoms with Crippen LogP contribution in [0.5, 0.6) is 5.75 Å². The van der Waals surface area contributed by atoms with Gasteiger partial charge in [0.05, 0.1) is 6.61 Å². The van der Waals surface area contributed by atoms with E-state index < -0.39 is 5.97 Å². The lowest BCUT2D eigenvalue weighted by Crippen LogP contribution is -2.09. The number of carbonyl (C=O) groups excluding carboxylic acids is 1. The van der Waals surface area contributed by atoms with Crippen molar-refractivity contribution in [3.63, 3.8) is 0 Å². The second-order valence-electron chi connectivity index (χ2n) is 2.65. The van der Waals surface area contributed by atoms with Gasteiger partial charge in [0.25, 0.3) is 0 Å². The summed E-state index contributed by atoms with van der Waals surface area (Å²) in [5.41, 5.74) is 0.170. The predicted molar refractivity (Wildman–Crippen MR) is 50.3 cm³/mol. The molecule has 4 heteroatoms. The van der Waals surface area contributed by atoms with E-state index in [2.05, 4.69) is 0 Å². The fraction of sp³-hybridized carbons (Fsp3) is 0.300. The summed E-state index contributed by atoms with van der Waals surface area (Å²) in [4.78, 5) is 11.3. The molecule has 1 rings (SSSR count). The highest BCUT2D eigenvalue weighted by atomic mass is 16.6. The number of benzene rings is 1. The second-order valence-corrected chi connectivity index (χ2v) is 2.65. The van der Waals surface area contributed by atoms with Crippen LogP contribution in [0.25, 0.3) is 0 Å². The Kier molecular flexibility index (Phi) is 3.94. The Bertz CT molecular complexity index is 309. The summed E-state index contributed by atoms with van der Waals surface area (Å²) in [5, 5.41) is 9.31. The SMILES string of the molecule is COCCOC(=O)c1ccccc1O. The summed E-state index contributed by atoms with van der Waals surface area (Å²) in [7, 11) is 1.52. The van der Waals surface area contributed by atoms with Crippen molar-refractivity contribution in [2.45, 2.75) is 0 Å². The molecule has 0 aliphatic heterocycles. The second kappa shape index (κ2) is 5.24. The fourth-order valence-corrected chi connectivity index (χ4v) is 0.942. The summed E-state index contributed by atoms with van der Waals surface area (Å²) in [5.74, 6) is -0.616. The van der Waals surface area contributed by atoms with E-state index >= 15 is 0 Å². The first kappa shape index (κ1) is 10.5. The number of aromatic hydroxyl groups is 1. The highest BCUT2D eigenvalue weighted by Gasteiger charge is 2.10. The van der Waals surface area contributed by atoms with Crippen molar-refractivity contribution in [1.82, 2.24) is 0 Å². The Labute approximate surface area is 82.1 Å². The minimum absolute atomic E-state index is 0.0742. The normalized spacial score (nSPS) is 9.79. The molecule has 1 aromatic carbocycles. The largest absolute Gasteiger partial charge is 0.507 e. The number of hydrogen-bond acceptors (Lipinski definition) is 4. The highest BCUT2D eigenvalue weighted by molar-refractivity contribution is 5.92. The maximum absolute atomic E-state index is 11.3. The lowest BCUT2D eigenvalue weighted by Gasteiger charge is -2.04. The van der Waals surface area contributed by atoms with Crippen LogP contribution in [0, 0.1) is 0 Å². The maximum atomic E-state index is 11.3. The third-order valence-electron chi connectivity index (χ3n) is 1.64. The predicted octanol–water partition coefficient (Wildman–Crippen LogP) is 1.20. The Morgan fingerprint density at radius 2 is 2.07 bits per heavy atom. The third-order valence-corrected chi connectivity index (χ3v) is 1.64. The van der Waals surface area contributed by atoms with Gasteiger partial charge in [-0.25, -0.2) is 4.79 Å². The lowest BCUT2D eigenvalue weighted by molar-refractivity contribution is 0.0385. The Balaban J connectivity index is 2.56. The van der Waals surface area contributed by atoms with Crippen molar-refractivity contribution < 1.29 is 19.4 Å². The first-order valence-corrected chi connectivity index (χ1v) is 4.19. The molecule has 0 amide bonds. The number of carbonyl (C=O) groups is 1. The summed E-state index contributed by atoms with van der Waals surface area (Å²) in [6.45, 7) is 0.531. The molecule has 0 aliphatic rings. The third kappa shape index (κ3) is 2.74. The molecule has 0 unspecified atom stereocenters. The van der Waals surface area contributed by atoms with Crippen LogP contribution in [0.4, 0.5) is 0 Å². The van der Waals surface area contributed by atoms with Gasteiger partial charge in [0.2, 0.25) is 0 Å². The summed E-state index contributed by atoms with van der Waals surface area (Å²) in [6, 6.07) is 6.24. The van der Waals surface area contributed by atoms with Gasteiger partial charge in [-0.15, -0.1) is 0 Å². The zero-order chi connectivity index (χ0) is 10.4. The van der Waals surface area contributed by atoms with Crippen LogP contribution in [0.2, 0.25) is 0 Å². The van der Waals surface area contributed by atoms with Crippen LogP contribution in [0.3, 0.4) is 0 Å². The molecule has 0 spiro atoms. The topological polar surface area (TPSA) is 55.8 Å². The molecule has 14 heavy (non-hydrogen) atoms. The number of hydrogen-bond donors (Lipinski definition) is 1. The Hall–Kier alpha value is -1.55. The van der Waals surface area contributed by atoms with Gasteiger partial charge in [0.1, 0.15) is 17.9 Å². The van der Waals surface area contributed by atoms with Crippen molar-refractivity contribution in [2.75, 3.05) is 20.3 Å². The minimum atomic E-state index is -0.542. The number of methoxy groups -OCH3 is 1. The van der Waals surface area contributed by atoms with Crippen LogP contribution in [-0.2, 0) is 9.47 Å². The molecule has 0 radical (unpaired) electrons. The average molecular weight is 196 g/mol. The van der Waals surface area contributed by atoms with Gasteiger partial charge < -0.3 is 14.6 Å². The van der Waals surface area contributed by atoms with Gasteiger partial charge in [-0.2, -0.15) is 0 Å². The van der Waals surface area contributed by atoms with Crippen molar-refractivity contribution in [1.29, 1.82) is 0 Å². The van der Waals surface area contributed by atoms with Gasteiger partial charge in [-0.1, -0.05) is 12.1 Å². The molecular formula is C10H12O4. The zero-order valence-electron chi connectivity index (χ0n) is 7.90. The first-order valence-electron chi connectivity index (χ1n) is 4.19. The number of phenolic OH excluding ortho intramolecular Hbond substituents is 1. The molecular weight excluding hydrogens is 184 g/mol. The van der Waals surface area contributed by atoms with E-state index in [4.69, 9.17) is 9.47 Å². The van der Waals surface area contributed by atoms with Crippen LogP contribution < -0.4 is 0 Å². The van der Waals surface area contributed by atoms with Gasteiger partial charge in [0.15, 0.2) is 0 Å². The molecule has 0 bridgehead atoms. The van der Waals surface area contributed by atoms with E-state index in [9.17, 15) is 9.90 Å². The van der Waals surface area contributed by atoms with Crippen molar-refractivity contribution >= 4 is 5.97 Å². The van der Waals surface area contributed by atoms with Crippen molar-refractivity contribution in [3.05, 3.63) is 29.8 Å². The van der Waals surface area contributed by atoms with Crippen LogP contribution in [0.15, 0.2) is 24.3 Å². The van der Waals surface area contributed by atoms with E-state index in [-0.39, 0.29) is 17.9 Å². The van der Waals surface area contributed by atoms with Gasteiger partial charge in [-0.3, -0.25) is 0 Å². The fourth-order valence-electron chi connectivity index (χ4n) is 0.942. The van der Waals surface area contributed by atoms with Gasteiger partial charge in [-0.05, 0) is 12.1 Å². The molecule has 1 N–H and O–H groups in total. The van der Waals surface area contributed by atoms with E-state index in [0.29, 0.717) is 6.61 Å². The van der Waals surface area contributed by atoms with E-state index in [1.54, 1.807) is 12.1 Å². The molecule has 0 heterocycles. The lowest BCUT2D eigenvalue weighted by atomic mass is 10.2. The number of esters is 1. The Morgan fingerprint density at radius 1 is 1.36 bits per heavy atom. The molecule has 0 aromatic heterocycles. The van der Waals surface area contributed by atoms with Crippen molar-refractivity contribution in [3.8, 4) is 5.75 Å². The summed E-state index contributed by atoms with van der Waals surface area (Å²) >= 11 is 0. The van der Waals surface area contributed by atoms with Crippen LogP contribution >= 0.6 is 0 Å². The smallest absolute Gasteiger partial charge is 0.341 e. The molecule has 0 saturated carbocycles. The molecule has 0 saturated heterocycles.